The van der Waals surface area contributed by atoms with E-state index in [1.807, 2.05) is 0 Å². The maximum atomic E-state index is 11.1. The molecule has 0 fully saturated rings. The Morgan fingerprint density at radius 2 is 2.19 bits per heavy atom. The van der Waals surface area contributed by atoms with Gasteiger partial charge < -0.3 is 9.83 Å². The highest BCUT2D eigenvalue weighted by Gasteiger charge is 2.17. The maximum Gasteiger partial charge on any atom is 0.283 e. The normalized spacial score (nSPS) is 10.7. The molecule has 0 amide bonds. The van der Waals surface area contributed by atoms with Gasteiger partial charge in [-0.2, -0.15) is 0 Å². The Morgan fingerprint density at radius 1 is 1.38 bits per heavy atom. The summed E-state index contributed by atoms with van der Waals surface area (Å²) in [5.74, 6) is 5.83. The third-order valence-electron chi connectivity index (χ3n) is 2.76. The van der Waals surface area contributed by atoms with Crippen molar-refractivity contribution in [2.75, 3.05) is 5.43 Å². The van der Waals surface area contributed by atoms with E-state index in [0.717, 1.165) is 0 Å². The summed E-state index contributed by atoms with van der Waals surface area (Å²) in [7, 11) is 0. The van der Waals surface area contributed by atoms with Gasteiger partial charge in [-0.3, -0.25) is 10.1 Å². The number of fused-ring (bicyclic) bond motifs is 1. The Balaban J connectivity index is 2.10. The lowest BCUT2D eigenvalue weighted by Gasteiger charge is -2.06. The average molecular weight is 302 g/mol. The number of nitrogens with two attached hydrogens (primary N) is 1. The van der Waals surface area contributed by atoms with Crippen LogP contribution in [0.5, 0.6) is 0 Å². The van der Waals surface area contributed by atoms with Crippen LogP contribution in [-0.2, 0) is 0 Å². The van der Waals surface area contributed by atoms with E-state index in [4.69, 9.17) is 5.84 Å². The van der Waals surface area contributed by atoms with Crippen LogP contribution in [0.1, 0.15) is 0 Å². The van der Waals surface area contributed by atoms with Gasteiger partial charge in [0.2, 0.25) is 0 Å². The Hall–Kier alpha value is -2.65. The van der Waals surface area contributed by atoms with Crippen LogP contribution in [-0.4, -0.2) is 19.3 Å². The minimum Gasteiger partial charge on any atom is -0.307 e. The van der Waals surface area contributed by atoms with Crippen LogP contribution in [0.4, 0.5) is 11.5 Å². The molecule has 21 heavy (non-hydrogen) atoms. The summed E-state index contributed by atoms with van der Waals surface area (Å²) in [4.78, 5) is 19.7. The molecule has 2 aromatic heterocycles. The van der Waals surface area contributed by atoms with Crippen molar-refractivity contribution in [2.24, 2.45) is 5.84 Å². The maximum absolute atomic E-state index is 11.1. The third-order valence-corrected chi connectivity index (χ3v) is 3.79. The van der Waals surface area contributed by atoms with Crippen molar-refractivity contribution in [1.82, 2.24) is 14.4 Å². The van der Waals surface area contributed by atoms with Gasteiger partial charge in [0, 0.05) is 18.5 Å². The van der Waals surface area contributed by atoms with Crippen molar-refractivity contribution in [1.29, 1.82) is 0 Å². The molecule has 0 aliphatic heterocycles. The fourth-order valence-electron chi connectivity index (χ4n) is 1.84. The Bertz CT molecular complexity index is 818. The highest BCUT2D eigenvalue weighted by molar-refractivity contribution is 7.99. The van der Waals surface area contributed by atoms with E-state index < -0.39 is 4.92 Å². The fourth-order valence-corrected chi connectivity index (χ4v) is 2.83. The molecule has 2 heterocycles. The van der Waals surface area contributed by atoms with E-state index in [1.54, 1.807) is 41.2 Å². The van der Waals surface area contributed by atoms with Crippen molar-refractivity contribution in [2.45, 2.75) is 9.92 Å². The van der Waals surface area contributed by atoms with Crippen LogP contribution in [0, 0.1) is 10.1 Å². The lowest BCUT2D eigenvalue weighted by atomic mass is 10.3. The van der Waals surface area contributed by atoms with Crippen LogP contribution < -0.4 is 11.3 Å². The zero-order valence-electron chi connectivity index (χ0n) is 10.6. The van der Waals surface area contributed by atoms with Gasteiger partial charge in [0.15, 0.2) is 11.5 Å². The number of hydrogen-bond acceptors (Lipinski definition) is 7. The number of hydrazine groups is 1. The predicted molar refractivity (Wildman–Crippen MR) is 78.0 cm³/mol. The van der Waals surface area contributed by atoms with E-state index in [0.29, 0.717) is 21.4 Å². The van der Waals surface area contributed by atoms with E-state index in [2.05, 4.69) is 15.4 Å². The summed E-state index contributed by atoms with van der Waals surface area (Å²) in [6.07, 6.45) is 5.06. The van der Waals surface area contributed by atoms with Crippen LogP contribution in [0.2, 0.25) is 0 Å². The predicted octanol–water partition coefficient (Wildman–Crippen LogP) is 2.07. The van der Waals surface area contributed by atoms with E-state index >= 15 is 0 Å². The molecule has 8 nitrogen and oxygen atoms in total. The number of nitrogen functional groups attached to an aromatic ring is 1. The molecule has 0 saturated carbocycles. The fraction of sp³-hybridized carbons (Fsp3) is 0. The average Bonchev–Trinajstić information content (AvgIpc) is 2.96. The zero-order valence-corrected chi connectivity index (χ0v) is 11.4. The molecule has 9 heteroatoms. The molecule has 0 aliphatic carbocycles. The first kappa shape index (κ1) is 13.3. The highest BCUT2D eigenvalue weighted by Crippen LogP contribution is 2.35. The summed E-state index contributed by atoms with van der Waals surface area (Å²) in [5, 5.41) is 11.6. The standard InChI is InChI=1S/C12H10N6O2S/c13-16-10-7-17-6-5-14-11(17)12(15-10)21-9-4-2-1-3-8(9)18(19)20/h1-7,16H,13H2. The second-order valence-corrected chi connectivity index (χ2v) is 5.09. The second kappa shape index (κ2) is 5.38. The lowest BCUT2D eigenvalue weighted by Crippen LogP contribution is -2.10. The molecule has 3 rings (SSSR count). The third kappa shape index (κ3) is 2.51. The van der Waals surface area contributed by atoms with Gasteiger partial charge in [-0.05, 0) is 6.07 Å². The lowest BCUT2D eigenvalue weighted by molar-refractivity contribution is -0.387. The van der Waals surface area contributed by atoms with Gasteiger partial charge in [-0.1, -0.05) is 23.9 Å². The Labute approximate surface area is 123 Å². The number of anilines is 1. The Morgan fingerprint density at radius 3 is 2.95 bits per heavy atom. The second-order valence-electron chi connectivity index (χ2n) is 4.06. The number of nitrogens with zero attached hydrogens (tertiary/aromatic N) is 4. The zero-order chi connectivity index (χ0) is 14.8. The highest BCUT2D eigenvalue weighted by atomic mass is 32.2. The first-order valence-corrected chi connectivity index (χ1v) is 6.72. The molecule has 0 radical (unpaired) electrons. The van der Waals surface area contributed by atoms with E-state index in [-0.39, 0.29) is 5.69 Å². The van der Waals surface area contributed by atoms with Crippen LogP contribution in [0.3, 0.4) is 0 Å². The quantitative estimate of drug-likeness (QED) is 0.431. The smallest absolute Gasteiger partial charge is 0.283 e. The molecule has 0 bridgehead atoms. The number of imidazole rings is 1. The van der Waals surface area contributed by atoms with Gasteiger partial charge in [0.25, 0.3) is 5.69 Å². The van der Waals surface area contributed by atoms with Gasteiger partial charge >= 0.3 is 0 Å². The summed E-state index contributed by atoms with van der Waals surface area (Å²) < 4.78 is 1.75. The molecule has 106 valence electrons. The van der Waals surface area contributed by atoms with Crippen LogP contribution >= 0.6 is 11.8 Å². The molecule has 0 unspecified atom stereocenters. The number of benzene rings is 1. The van der Waals surface area contributed by atoms with Crippen LogP contribution in [0.25, 0.3) is 5.65 Å². The molecule has 0 saturated heterocycles. The van der Waals surface area contributed by atoms with E-state index in [9.17, 15) is 10.1 Å². The van der Waals surface area contributed by atoms with Gasteiger partial charge in [-0.15, -0.1) is 0 Å². The largest absolute Gasteiger partial charge is 0.307 e. The van der Waals surface area contributed by atoms with Crippen molar-refractivity contribution in [3.63, 3.8) is 0 Å². The van der Waals surface area contributed by atoms with Crippen molar-refractivity contribution < 1.29 is 4.92 Å². The summed E-state index contributed by atoms with van der Waals surface area (Å²) >= 11 is 1.17. The molecule has 1 aromatic carbocycles. The molecule has 0 aliphatic rings. The van der Waals surface area contributed by atoms with E-state index in [1.165, 1.54) is 17.8 Å². The number of hydrogen-bond donors (Lipinski definition) is 2. The monoisotopic (exact) mass is 302 g/mol. The van der Waals surface area contributed by atoms with Gasteiger partial charge in [0.1, 0.15) is 5.03 Å². The number of rotatable bonds is 4. The van der Waals surface area contributed by atoms with Crippen LogP contribution in [0.15, 0.2) is 52.8 Å². The minimum atomic E-state index is -0.421. The number of nitro groups is 1. The topological polar surface area (TPSA) is 111 Å². The SMILES string of the molecule is NNc1cn2ccnc2c(Sc2ccccc2[N+](=O)[O-])n1. The molecule has 0 atom stereocenters. The number of nitrogens with one attached hydrogen (secondary N) is 1. The van der Waals surface area contributed by atoms with Crippen molar-refractivity contribution >= 4 is 28.9 Å². The minimum absolute atomic E-state index is 0.0279. The number of aromatic nitrogens is 3. The number of para-hydroxylation sites is 1. The summed E-state index contributed by atoms with van der Waals surface area (Å²) in [5.41, 5.74) is 3.10. The molecular weight excluding hydrogens is 292 g/mol. The molecular formula is C12H10N6O2S. The molecule has 3 N–H and O–H groups in total. The molecule has 3 aromatic rings. The summed E-state index contributed by atoms with van der Waals surface area (Å²) in [6, 6.07) is 6.49. The summed E-state index contributed by atoms with van der Waals surface area (Å²) in [6.45, 7) is 0. The van der Waals surface area contributed by atoms with Gasteiger partial charge in [0.05, 0.1) is 16.0 Å². The first-order valence-electron chi connectivity index (χ1n) is 5.90. The first-order chi connectivity index (χ1) is 10.2. The Kier molecular flexibility index (Phi) is 3.42. The molecule has 0 spiro atoms. The van der Waals surface area contributed by atoms with Crippen molar-refractivity contribution in [3.05, 3.63) is 53.0 Å². The van der Waals surface area contributed by atoms with Crippen molar-refractivity contribution in [3.8, 4) is 0 Å². The number of nitro benzene ring substituents is 1. The van der Waals surface area contributed by atoms with Gasteiger partial charge in [-0.25, -0.2) is 15.8 Å².